The van der Waals surface area contributed by atoms with Crippen molar-refractivity contribution in [2.45, 2.75) is 38.4 Å². The van der Waals surface area contributed by atoms with Crippen LogP contribution in [0.4, 0.5) is 22.0 Å². The highest BCUT2D eigenvalue weighted by molar-refractivity contribution is 5.84. The Balaban J connectivity index is 2.09. The summed E-state index contributed by atoms with van der Waals surface area (Å²) in [5, 5.41) is 0. The quantitative estimate of drug-likeness (QED) is 0.338. The summed E-state index contributed by atoms with van der Waals surface area (Å²) in [6.07, 6.45) is 0.0789. The van der Waals surface area contributed by atoms with Gasteiger partial charge in [-0.05, 0) is 12.1 Å². The second-order valence-corrected chi connectivity index (χ2v) is 7.93. The number of alkyl halides is 3. The van der Waals surface area contributed by atoms with Crippen molar-refractivity contribution in [3.05, 3.63) is 81.7 Å². The van der Waals surface area contributed by atoms with Crippen LogP contribution in [0.25, 0.3) is 22.3 Å². The first kappa shape index (κ1) is 21.3. The second kappa shape index (κ2) is 6.97. The number of fused-ring (bicyclic) bond motifs is 4. The van der Waals surface area contributed by atoms with Crippen LogP contribution in [-0.4, -0.2) is 4.40 Å². The largest absolute Gasteiger partial charge is 0.422 e. The van der Waals surface area contributed by atoms with Crippen molar-refractivity contribution in [3.63, 3.8) is 0 Å². The van der Waals surface area contributed by atoms with E-state index in [1.54, 1.807) is 22.9 Å². The molecule has 1 N–H and O–H groups in total. The normalized spacial score (nSPS) is 16.7. The maximum atomic E-state index is 15.5. The molecular weight excluding hydrogens is 445 g/mol. The van der Waals surface area contributed by atoms with Crippen molar-refractivity contribution in [1.82, 2.24) is 4.40 Å². The summed E-state index contributed by atoms with van der Waals surface area (Å²) in [6.45, 7) is 3.71. The van der Waals surface area contributed by atoms with Gasteiger partial charge >= 0.3 is 17.3 Å². The number of halogens is 5. The molecule has 0 atom stereocenters. The molecular formula is C23H18F5N3O2+2. The maximum absolute atomic E-state index is 15.5. The first-order chi connectivity index (χ1) is 15.7. The Morgan fingerprint density at radius 3 is 2.58 bits per heavy atom. The van der Waals surface area contributed by atoms with Crippen LogP contribution in [-0.2, 0) is 11.7 Å². The van der Waals surface area contributed by atoms with Gasteiger partial charge in [0.25, 0.3) is 5.52 Å². The molecule has 0 aliphatic carbocycles. The Morgan fingerprint density at radius 2 is 1.91 bits per heavy atom. The van der Waals surface area contributed by atoms with E-state index in [9.17, 15) is 22.4 Å². The number of benzene rings is 1. The maximum Gasteiger partial charge on any atom is 0.422 e. The van der Waals surface area contributed by atoms with Gasteiger partial charge in [0, 0.05) is 30.5 Å². The van der Waals surface area contributed by atoms with E-state index in [-0.39, 0.29) is 27.9 Å². The molecule has 0 fully saturated rings. The lowest BCUT2D eigenvalue weighted by atomic mass is 9.74. The standard InChI is InChI=1S/C23H17F5N3O2/c1-3-22(4-2)17(20-30-11-29-10-15(30)21(32)33-20)12-9-13(24)18(23(26,27)28)19(25)16(12)14-7-5-6-8-31(14)22/h5-11H,3-4H2,1-2H3/q+1/p+1. The zero-order valence-corrected chi connectivity index (χ0v) is 17.6. The number of aromatic amines is 1. The number of nitrogens with one attached hydrogen (secondary N) is 1. The number of H-pyrrole nitrogens is 1. The lowest BCUT2D eigenvalue weighted by Crippen LogP contribution is -2.61. The molecule has 1 aromatic carbocycles. The Hall–Kier alpha value is -3.56. The van der Waals surface area contributed by atoms with Crippen LogP contribution in [0.2, 0.25) is 0 Å². The summed E-state index contributed by atoms with van der Waals surface area (Å²) in [6, 6.07) is 5.45. The highest BCUT2D eigenvalue weighted by Crippen LogP contribution is 2.47. The zero-order valence-electron chi connectivity index (χ0n) is 17.6. The Labute approximate surface area is 183 Å². The second-order valence-electron chi connectivity index (χ2n) is 7.93. The Morgan fingerprint density at radius 1 is 1.18 bits per heavy atom. The minimum absolute atomic E-state index is 0.00163. The minimum atomic E-state index is -5.23. The van der Waals surface area contributed by atoms with Gasteiger partial charge in [0.05, 0.1) is 5.56 Å². The topological polar surface area (TPSA) is 52.6 Å². The number of hydrogen-bond donors (Lipinski definition) is 0. The Kier molecular flexibility index (Phi) is 4.50. The summed E-state index contributed by atoms with van der Waals surface area (Å²) in [4.78, 5) is 15.2. The molecule has 0 amide bonds. The fourth-order valence-electron chi connectivity index (χ4n) is 4.99. The number of rotatable bonds is 2. The summed E-state index contributed by atoms with van der Waals surface area (Å²) in [7, 11) is 0. The van der Waals surface area contributed by atoms with Gasteiger partial charge in [0.15, 0.2) is 12.0 Å². The SMILES string of the molecule is CCC1(CC)C(=c2oc(=O)c3c[nH+]cn23)c2cc(F)c(C(F)(F)F)c(F)c2-c2cccc[n+]21. The molecule has 0 bridgehead atoms. The van der Waals surface area contributed by atoms with Crippen LogP contribution in [0, 0.1) is 11.6 Å². The summed E-state index contributed by atoms with van der Waals surface area (Å²) in [5.41, 5.74) is -3.51. The molecule has 170 valence electrons. The molecule has 33 heavy (non-hydrogen) atoms. The van der Waals surface area contributed by atoms with Gasteiger partial charge in [0.1, 0.15) is 23.2 Å². The van der Waals surface area contributed by atoms with Crippen LogP contribution in [0.3, 0.4) is 0 Å². The molecule has 0 spiro atoms. The fourth-order valence-corrected chi connectivity index (χ4v) is 4.99. The number of hydrogen-bond acceptors (Lipinski definition) is 2. The van der Waals surface area contributed by atoms with Gasteiger partial charge in [0.2, 0.25) is 17.6 Å². The average Bonchev–Trinajstić information content (AvgIpc) is 3.36. The van der Waals surface area contributed by atoms with Crippen LogP contribution < -0.4 is 20.7 Å². The molecule has 5 nitrogen and oxygen atoms in total. The molecule has 5 rings (SSSR count). The van der Waals surface area contributed by atoms with Gasteiger partial charge in [-0.15, -0.1) is 0 Å². The number of aromatic nitrogens is 3. The van der Waals surface area contributed by atoms with Gasteiger partial charge in [-0.1, -0.05) is 13.8 Å². The monoisotopic (exact) mass is 463 g/mol. The van der Waals surface area contributed by atoms with Crippen molar-refractivity contribution in [2.24, 2.45) is 0 Å². The lowest BCUT2D eigenvalue weighted by molar-refractivity contribution is -0.741. The van der Waals surface area contributed by atoms with E-state index in [0.29, 0.717) is 18.9 Å². The lowest BCUT2D eigenvalue weighted by Gasteiger charge is -2.34. The molecule has 4 aromatic rings. The number of pyridine rings is 1. The van der Waals surface area contributed by atoms with Crippen LogP contribution >= 0.6 is 0 Å². The molecule has 1 aliphatic rings. The third kappa shape index (κ3) is 2.72. The molecule has 0 saturated heterocycles. The molecule has 0 unspecified atom stereocenters. The third-order valence-corrected chi connectivity index (χ3v) is 6.50. The summed E-state index contributed by atoms with van der Waals surface area (Å²) >= 11 is 0. The number of imidazole rings is 1. The average molecular weight is 463 g/mol. The Bertz CT molecular complexity index is 1530. The van der Waals surface area contributed by atoms with Gasteiger partial charge < -0.3 is 4.42 Å². The summed E-state index contributed by atoms with van der Waals surface area (Å²) < 4.78 is 79.7. The minimum Gasteiger partial charge on any atom is -0.382 e. The van der Waals surface area contributed by atoms with Crippen molar-refractivity contribution in [1.29, 1.82) is 0 Å². The van der Waals surface area contributed by atoms with Crippen LogP contribution in [0.15, 0.2) is 52.2 Å². The zero-order chi connectivity index (χ0) is 23.7. The number of oxazole rings is 1. The molecule has 10 heteroatoms. The predicted molar refractivity (Wildman–Crippen MR) is 106 cm³/mol. The van der Waals surface area contributed by atoms with Gasteiger partial charge in [-0.25, -0.2) is 18.6 Å². The highest BCUT2D eigenvalue weighted by Gasteiger charge is 2.53. The first-order valence-corrected chi connectivity index (χ1v) is 10.3. The van der Waals surface area contributed by atoms with Crippen molar-refractivity contribution < 1.29 is 35.9 Å². The van der Waals surface area contributed by atoms with E-state index in [1.807, 2.05) is 13.8 Å². The summed E-state index contributed by atoms with van der Waals surface area (Å²) in [5.74, 6) is -3.44. The van der Waals surface area contributed by atoms with Crippen molar-refractivity contribution in [2.75, 3.05) is 0 Å². The fraction of sp³-hybridized carbons (Fsp3) is 0.261. The van der Waals surface area contributed by atoms with Crippen molar-refractivity contribution >= 4 is 11.1 Å². The molecule has 3 aromatic heterocycles. The van der Waals surface area contributed by atoms with E-state index < -0.39 is 40.1 Å². The third-order valence-electron chi connectivity index (χ3n) is 6.50. The van der Waals surface area contributed by atoms with Gasteiger partial charge in [-0.3, -0.25) is 0 Å². The van der Waals surface area contributed by atoms with Crippen LogP contribution in [0.1, 0.15) is 37.8 Å². The predicted octanol–water partition coefficient (Wildman–Crippen LogP) is 3.40. The first-order valence-electron chi connectivity index (χ1n) is 10.3. The molecule has 1 aliphatic heterocycles. The number of nitrogens with zero attached hydrogens (tertiary/aromatic N) is 2. The van der Waals surface area contributed by atoms with Crippen LogP contribution in [0.5, 0.6) is 0 Å². The molecule has 0 saturated carbocycles. The molecule has 0 radical (unpaired) electrons. The highest BCUT2D eigenvalue weighted by atomic mass is 19.4. The van der Waals surface area contributed by atoms with E-state index in [2.05, 4.69) is 4.98 Å². The van der Waals surface area contributed by atoms with E-state index in [1.165, 1.54) is 23.0 Å². The van der Waals surface area contributed by atoms with E-state index in [0.717, 1.165) is 0 Å². The molecule has 4 heterocycles. The van der Waals surface area contributed by atoms with E-state index >= 15 is 4.39 Å². The van der Waals surface area contributed by atoms with Gasteiger partial charge in [-0.2, -0.15) is 22.1 Å². The van der Waals surface area contributed by atoms with E-state index in [4.69, 9.17) is 4.42 Å². The van der Waals surface area contributed by atoms with Crippen molar-refractivity contribution in [3.8, 4) is 11.3 Å². The smallest absolute Gasteiger partial charge is 0.382 e.